The molecule has 3 amide bonds. The van der Waals surface area contributed by atoms with Crippen molar-refractivity contribution in [3.8, 4) is 5.75 Å². The van der Waals surface area contributed by atoms with E-state index in [2.05, 4.69) is 30.4 Å². The second-order valence-electron chi connectivity index (χ2n) is 10.1. The van der Waals surface area contributed by atoms with E-state index in [9.17, 15) is 14.4 Å². The van der Waals surface area contributed by atoms with Crippen LogP contribution in [-0.4, -0.2) is 28.7 Å². The first-order chi connectivity index (χ1) is 18.0. The van der Waals surface area contributed by atoms with Crippen LogP contribution >= 0.6 is 0 Å². The summed E-state index contributed by atoms with van der Waals surface area (Å²) in [6.07, 6.45) is 9.30. The summed E-state index contributed by atoms with van der Waals surface area (Å²) in [7, 11) is 0. The molecule has 0 saturated carbocycles. The number of carbonyl (C=O) groups is 3. The molecule has 1 fully saturated rings. The summed E-state index contributed by atoms with van der Waals surface area (Å²) in [5.74, 6) is 0.393. The fraction of sp³-hybridized carbons (Fsp3) is 0.433. The molecule has 1 atom stereocenters. The van der Waals surface area contributed by atoms with Gasteiger partial charge in [-0.2, -0.15) is 0 Å². The standard InChI is InChI=1S/C30H34N2O5/c1-2-3-4-5-6-7-9-20-12-13-21-17-22(37-27(21)16-20)19-36-26-11-8-10-23-24(26)18-32(30(23)35)25-14-15-28(33)31-29(25)34/h8,10-13,16-17,25H,2-7,9,14-15,18-19H2,1H3,(H,31,33,34). The lowest BCUT2D eigenvalue weighted by Gasteiger charge is -2.29. The highest BCUT2D eigenvalue weighted by atomic mass is 16.5. The number of fused-ring (bicyclic) bond motifs is 2. The van der Waals surface area contributed by atoms with Crippen molar-refractivity contribution in [1.29, 1.82) is 0 Å². The van der Waals surface area contributed by atoms with Crippen LogP contribution in [0.3, 0.4) is 0 Å². The molecule has 194 valence electrons. The Morgan fingerprint density at radius 3 is 2.70 bits per heavy atom. The van der Waals surface area contributed by atoms with Gasteiger partial charge in [0.25, 0.3) is 5.91 Å². The van der Waals surface area contributed by atoms with Gasteiger partial charge in [0.2, 0.25) is 11.8 Å². The van der Waals surface area contributed by atoms with Gasteiger partial charge >= 0.3 is 0 Å². The van der Waals surface area contributed by atoms with Gasteiger partial charge in [0, 0.05) is 22.9 Å². The van der Waals surface area contributed by atoms with Crippen molar-refractivity contribution in [2.75, 3.05) is 0 Å². The van der Waals surface area contributed by atoms with Crippen molar-refractivity contribution in [3.05, 3.63) is 64.9 Å². The van der Waals surface area contributed by atoms with Crippen molar-refractivity contribution in [2.45, 2.75) is 83.9 Å². The summed E-state index contributed by atoms with van der Waals surface area (Å²) in [5, 5.41) is 3.38. The second-order valence-corrected chi connectivity index (χ2v) is 10.1. The number of ether oxygens (including phenoxy) is 1. The molecule has 5 rings (SSSR count). The van der Waals surface area contributed by atoms with E-state index in [1.165, 1.54) is 49.0 Å². The molecule has 0 spiro atoms. The van der Waals surface area contributed by atoms with Gasteiger partial charge in [-0.25, -0.2) is 0 Å². The molecule has 0 bridgehead atoms. The van der Waals surface area contributed by atoms with E-state index in [1.54, 1.807) is 12.1 Å². The summed E-state index contributed by atoms with van der Waals surface area (Å²) in [4.78, 5) is 38.4. The molecule has 2 aliphatic heterocycles. The fourth-order valence-corrected chi connectivity index (χ4v) is 5.31. The topological polar surface area (TPSA) is 88.9 Å². The largest absolute Gasteiger partial charge is 0.485 e. The van der Waals surface area contributed by atoms with Crippen LogP contribution in [0.25, 0.3) is 11.0 Å². The Bertz CT molecular complexity index is 1310. The van der Waals surface area contributed by atoms with Crippen LogP contribution in [0.1, 0.15) is 85.5 Å². The van der Waals surface area contributed by atoms with Crippen LogP contribution in [0.4, 0.5) is 0 Å². The Balaban J connectivity index is 1.21. The zero-order valence-electron chi connectivity index (χ0n) is 21.4. The van der Waals surface area contributed by atoms with E-state index in [4.69, 9.17) is 9.15 Å². The lowest BCUT2D eigenvalue weighted by Crippen LogP contribution is -2.52. The van der Waals surface area contributed by atoms with E-state index >= 15 is 0 Å². The minimum absolute atomic E-state index is 0.212. The first-order valence-corrected chi connectivity index (χ1v) is 13.4. The SMILES string of the molecule is CCCCCCCCc1ccc2cc(COc3cccc4c3CN(C3CCC(=O)NC3=O)C4=O)oc2c1. The third-order valence-electron chi connectivity index (χ3n) is 7.36. The smallest absolute Gasteiger partial charge is 0.255 e. The third-order valence-corrected chi connectivity index (χ3v) is 7.36. The number of nitrogens with one attached hydrogen (secondary N) is 1. The molecule has 7 heteroatoms. The third kappa shape index (κ3) is 5.55. The molecule has 3 aromatic rings. The van der Waals surface area contributed by atoms with Gasteiger partial charge < -0.3 is 14.1 Å². The van der Waals surface area contributed by atoms with Crippen LogP contribution in [0.5, 0.6) is 5.75 Å². The number of aryl methyl sites for hydroxylation is 1. The minimum atomic E-state index is -0.647. The number of furan rings is 1. The summed E-state index contributed by atoms with van der Waals surface area (Å²) in [5.41, 5.74) is 3.44. The number of benzene rings is 2. The van der Waals surface area contributed by atoms with Crippen molar-refractivity contribution >= 4 is 28.7 Å². The highest BCUT2D eigenvalue weighted by Gasteiger charge is 2.40. The van der Waals surface area contributed by atoms with Crippen molar-refractivity contribution < 1.29 is 23.5 Å². The molecule has 1 N–H and O–H groups in total. The summed E-state index contributed by atoms with van der Waals surface area (Å²) >= 11 is 0. The number of unbranched alkanes of at least 4 members (excludes halogenated alkanes) is 5. The van der Waals surface area contributed by atoms with Crippen LogP contribution in [0, 0.1) is 0 Å². The average molecular weight is 503 g/mol. The average Bonchev–Trinajstić information content (AvgIpc) is 3.45. The number of carbonyl (C=O) groups excluding carboxylic acids is 3. The quantitative estimate of drug-likeness (QED) is 0.269. The summed E-state index contributed by atoms with van der Waals surface area (Å²) in [6.45, 7) is 2.76. The molecule has 7 nitrogen and oxygen atoms in total. The molecule has 0 aliphatic carbocycles. The molecule has 3 heterocycles. The Morgan fingerprint density at radius 2 is 1.86 bits per heavy atom. The lowest BCUT2D eigenvalue weighted by molar-refractivity contribution is -0.136. The Kier molecular flexibility index (Phi) is 7.58. The molecule has 0 radical (unpaired) electrons. The predicted octanol–water partition coefficient (Wildman–Crippen LogP) is 5.68. The van der Waals surface area contributed by atoms with Crippen molar-refractivity contribution in [1.82, 2.24) is 10.2 Å². The summed E-state index contributed by atoms with van der Waals surface area (Å²) < 4.78 is 12.2. The summed E-state index contributed by atoms with van der Waals surface area (Å²) in [6, 6.07) is 13.1. The maximum atomic E-state index is 13.0. The van der Waals surface area contributed by atoms with E-state index in [1.807, 2.05) is 12.1 Å². The normalized spacial score (nSPS) is 17.4. The van der Waals surface area contributed by atoms with Gasteiger partial charge in [0.15, 0.2) is 0 Å². The number of rotatable bonds is 11. The van der Waals surface area contributed by atoms with Gasteiger partial charge in [-0.05, 0) is 49.1 Å². The zero-order chi connectivity index (χ0) is 25.8. The number of nitrogens with zero attached hydrogens (tertiary/aromatic N) is 1. The Hall–Kier alpha value is -3.61. The van der Waals surface area contributed by atoms with Crippen molar-refractivity contribution in [3.63, 3.8) is 0 Å². The van der Waals surface area contributed by atoms with Crippen LogP contribution in [0.2, 0.25) is 0 Å². The molecular formula is C30H34N2O5. The number of amides is 3. The number of hydrogen-bond donors (Lipinski definition) is 1. The lowest BCUT2D eigenvalue weighted by atomic mass is 10.0. The molecule has 1 aromatic heterocycles. The van der Waals surface area contributed by atoms with E-state index in [-0.39, 0.29) is 31.4 Å². The van der Waals surface area contributed by atoms with Crippen LogP contribution < -0.4 is 10.1 Å². The number of hydrogen-bond acceptors (Lipinski definition) is 5. The number of imide groups is 1. The molecular weight excluding hydrogens is 468 g/mol. The van der Waals surface area contributed by atoms with Gasteiger partial charge in [-0.1, -0.05) is 57.2 Å². The zero-order valence-corrected chi connectivity index (χ0v) is 21.4. The highest BCUT2D eigenvalue weighted by Crippen LogP contribution is 2.34. The molecule has 2 aromatic carbocycles. The molecule has 2 aliphatic rings. The maximum absolute atomic E-state index is 13.0. The van der Waals surface area contributed by atoms with Crippen LogP contribution in [-0.2, 0) is 29.2 Å². The van der Waals surface area contributed by atoms with E-state index < -0.39 is 11.9 Å². The van der Waals surface area contributed by atoms with Gasteiger partial charge in [0.05, 0.1) is 6.54 Å². The molecule has 37 heavy (non-hydrogen) atoms. The highest BCUT2D eigenvalue weighted by molar-refractivity contribution is 6.05. The first kappa shape index (κ1) is 25.1. The van der Waals surface area contributed by atoms with Gasteiger partial charge in [0.1, 0.15) is 29.7 Å². The van der Waals surface area contributed by atoms with Crippen molar-refractivity contribution in [2.24, 2.45) is 0 Å². The first-order valence-electron chi connectivity index (χ1n) is 13.4. The molecule has 1 saturated heterocycles. The Labute approximate surface area is 217 Å². The monoisotopic (exact) mass is 502 g/mol. The fourth-order valence-electron chi connectivity index (χ4n) is 5.31. The predicted molar refractivity (Wildman–Crippen MR) is 140 cm³/mol. The number of piperidine rings is 1. The van der Waals surface area contributed by atoms with Crippen LogP contribution in [0.15, 0.2) is 46.9 Å². The second kappa shape index (κ2) is 11.2. The minimum Gasteiger partial charge on any atom is -0.485 e. The van der Waals surface area contributed by atoms with Gasteiger partial charge in [-0.3, -0.25) is 19.7 Å². The molecule has 1 unspecified atom stereocenters. The maximum Gasteiger partial charge on any atom is 0.255 e. The Morgan fingerprint density at radius 1 is 1.03 bits per heavy atom. The van der Waals surface area contributed by atoms with E-state index in [0.29, 0.717) is 17.7 Å². The van der Waals surface area contributed by atoms with Gasteiger partial charge in [-0.15, -0.1) is 0 Å². The van der Waals surface area contributed by atoms with E-state index in [0.717, 1.165) is 28.7 Å².